The molecule has 2 rings (SSSR count). The lowest BCUT2D eigenvalue weighted by molar-refractivity contribution is 0.0600. The van der Waals surface area contributed by atoms with Gasteiger partial charge in [0.15, 0.2) is 0 Å². The van der Waals surface area contributed by atoms with E-state index in [1.165, 1.54) is 7.11 Å². The molecule has 0 aliphatic heterocycles. The Kier molecular flexibility index (Phi) is 3.25. The third-order valence-electron chi connectivity index (χ3n) is 2.56. The average molecular weight is 231 g/mol. The van der Waals surface area contributed by atoms with Crippen LogP contribution in [0.25, 0.3) is 5.69 Å². The summed E-state index contributed by atoms with van der Waals surface area (Å²) in [5, 5.41) is 9.22. The van der Waals surface area contributed by atoms with Crippen LogP contribution in [0.1, 0.15) is 16.1 Å². The summed E-state index contributed by atoms with van der Waals surface area (Å²) in [6.07, 6.45) is 1.80. The number of aromatic nitrogens is 1. The number of methoxy groups -OCH3 is 1. The number of carbonyl (C=O) groups excluding carboxylic acids is 1. The predicted molar refractivity (Wildman–Crippen MR) is 63.0 cm³/mol. The number of benzene rings is 1. The number of carbonyl (C=O) groups is 1. The number of aliphatic hydroxyl groups is 1. The number of para-hydroxylation sites is 1. The van der Waals surface area contributed by atoms with Gasteiger partial charge in [0.1, 0.15) is 0 Å². The summed E-state index contributed by atoms with van der Waals surface area (Å²) in [4.78, 5) is 11.6. The zero-order valence-electron chi connectivity index (χ0n) is 9.46. The van der Waals surface area contributed by atoms with Crippen LogP contribution in [0.4, 0.5) is 0 Å². The minimum Gasteiger partial charge on any atom is -0.465 e. The van der Waals surface area contributed by atoms with E-state index in [1.807, 2.05) is 18.2 Å². The summed E-state index contributed by atoms with van der Waals surface area (Å²) in [5.41, 5.74) is 1.90. The standard InChI is InChI=1S/C13H13NO3/c1-17-13(16)11-6-2-3-7-12(11)14-8-4-5-10(14)9-15/h2-8,15H,9H2,1H3. The molecule has 0 aliphatic rings. The summed E-state index contributed by atoms with van der Waals surface area (Å²) >= 11 is 0. The highest BCUT2D eigenvalue weighted by atomic mass is 16.5. The Morgan fingerprint density at radius 1 is 1.29 bits per heavy atom. The van der Waals surface area contributed by atoms with E-state index in [4.69, 9.17) is 4.74 Å². The normalized spacial score (nSPS) is 10.2. The van der Waals surface area contributed by atoms with Gasteiger partial charge in [-0.2, -0.15) is 0 Å². The van der Waals surface area contributed by atoms with Crippen LogP contribution < -0.4 is 0 Å². The molecule has 1 N–H and O–H groups in total. The number of esters is 1. The van der Waals surface area contributed by atoms with Crippen LogP contribution in [-0.2, 0) is 11.3 Å². The van der Waals surface area contributed by atoms with E-state index in [2.05, 4.69) is 0 Å². The minimum atomic E-state index is -0.391. The lowest BCUT2D eigenvalue weighted by Crippen LogP contribution is -2.08. The van der Waals surface area contributed by atoms with Crippen molar-refractivity contribution in [3.8, 4) is 5.69 Å². The van der Waals surface area contributed by atoms with Gasteiger partial charge >= 0.3 is 5.97 Å². The predicted octanol–water partition coefficient (Wildman–Crippen LogP) is 1.76. The van der Waals surface area contributed by atoms with Crippen molar-refractivity contribution in [1.29, 1.82) is 0 Å². The second kappa shape index (κ2) is 4.84. The lowest BCUT2D eigenvalue weighted by Gasteiger charge is -2.11. The highest BCUT2D eigenvalue weighted by molar-refractivity contribution is 5.93. The summed E-state index contributed by atoms with van der Waals surface area (Å²) in [6, 6.07) is 10.7. The van der Waals surface area contributed by atoms with Crippen molar-refractivity contribution in [3.05, 3.63) is 53.9 Å². The number of aliphatic hydroxyl groups excluding tert-OH is 1. The maximum absolute atomic E-state index is 11.6. The van der Waals surface area contributed by atoms with Crippen LogP contribution in [0, 0.1) is 0 Å². The van der Waals surface area contributed by atoms with Gasteiger partial charge in [-0.25, -0.2) is 4.79 Å². The average Bonchev–Trinajstić information content (AvgIpc) is 2.86. The zero-order valence-corrected chi connectivity index (χ0v) is 9.46. The molecular formula is C13H13NO3. The molecule has 4 heteroatoms. The molecule has 1 aromatic heterocycles. The molecule has 1 aromatic carbocycles. The summed E-state index contributed by atoms with van der Waals surface area (Å²) in [7, 11) is 1.35. The number of nitrogens with zero attached hydrogens (tertiary/aromatic N) is 1. The van der Waals surface area contributed by atoms with Crippen LogP contribution in [0.2, 0.25) is 0 Å². The van der Waals surface area contributed by atoms with Crippen LogP contribution in [0.5, 0.6) is 0 Å². The van der Waals surface area contributed by atoms with Crippen molar-refractivity contribution in [2.75, 3.05) is 7.11 Å². The summed E-state index contributed by atoms with van der Waals surface area (Å²) in [6.45, 7) is -0.0808. The number of rotatable bonds is 3. The van der Waals surface area contributed by atoms with E-state index in [1.54, 1.807) is 29.0 Å². The smallest absolute Gasteiger partial charge is 0.339 e. The molecule has 0 aliphatic carbocycles. The van der Waals surface area contributed by atoms with Crippen LogP contribution in [0.3, 0.4) is 0 Å². The second-order valence-corrected chi connectivity index (χ2v) is 3.54. The third-order valence-corrected chi connectivity index (χ3v) is 2.56. The monoisotopic (exact) mass is 231 g/mol. The number of hydrogen-bond acceptors (Lipinski definition) is 3. The highest BCUT2D eigenvalue weighted by Gasteiger charge is 2.13. The third kappa shape index (κ3) is 2.07. The van der Waals surface area contributed by atoms with Gasteiger partial charge in [-0.15, -0.1) is 0 Å². The van der Waals surface area contributed by atoms with Crippen molar-refractivity contribution < 1.29 is 14.6 Å². The Labute approximate surface area is 99.1 Å². The van der Waals surface area contributed by atoms with Gasteiger partial charge in [-0.1, -0.05) is 12.1 Å². The Balaban J connectivity index is 2.56. The van der Waals surface area contributed by atoms with Gasteiger partial charge in [-0.3, -0.25) is 0 Å². The molecule has 17 heavy (non-hydrogen) atoms. The molecule has 2 aromatic rings. The first-order valence-corrected chi connectivity index (χ1v) is 5.22. The van der Waals surface area contributed by atoms with E-state index in [0.717, 1.165) is 5.69 Å². The fourth-order valence-electron chi connectivity index (χ4n) is 1.75. The first-order valence-electron chi connectivity index (χ1n) is 5.22. The van der Waals surface area contributed by atoms with E-state index in [9.17, 15) is 9.90 Å². The minimum absolute atomic E-state index is 0.0808. The largest absolute Gasteiger partial charge is 0.465 e. The van der Waals surface area contributed by atoms with Crippen LogP contribution in [-0.4, -0.2) is 22.8 Å². The van der Waals surface area contributed by atoms with Gasteiger partial charge in [0.2, 0.25) is 0 Å². The summed E-state index contributed by atoms with van der Waals surface area (Å²) in [5.74, 6) is -0.391. The molecule has 0 saturated heterocycles. The van der Waals surface area contributed by atoms with Crippen molar-refractivity contribution in [1.82, 2.24) is 4.57 Å². The van der Waals surface area contributed by atoms with Crippen molar-refractivity contribution >= 4 is 5.97 Å². The highest BCUT2D eigenvalue weighted by Crippen LogP contribution is 2.18. The van der Waals surface area contributed by atoms with Crippen LogP contribution >= 0.6 is 0 Å². The molecule has 0 atom stereocenters. The first-order chi connectivity index (χ1) is 8.27. The fraction of sp³-hybridized carbons (Fsp3) is 0.154. The Morgan fingerprint density at radius 3 is 2.76 bits per heavy atom. The molecule has 0 bridgehead atoms. The topological polar surface area (TPSA) is 51.5 Å². The van der Waals surface area contributed by atoms with E-state index < -0.39 is 5.97 Å². The first kappa shape index (κ1) is 11.4. The molecule has 1 heterocycles. The molecule has 4 nitrogen and oxygen atoms in total. The Morgan fingerprint density at radius 2 is 2.06 bits per heavy atom. The van der Waals surface area contributed by atoms with Gasteiger partial charge in [-0.05, 0) is 24.3 Å². The second-order valence-electron chi connectivity index (χ2n) is 3.54. The zero-order chi connectivity index (χ0) is 12.3. The van der Waals surface area contributed by atoms with E-state index in [-0.39, 0.29) is 6.61 Å². The molecule has 0 unspecified atom stereocenters. The number of hydrogen-bond donors (Lipinski definition) is 1. The van der Waals surface area contributed by atoms with E-state index in [0.29, 0.717) is 11.3 Å². The van der Waals surface area contributed by atoms with Gasteiger partial charge in [0.25, 0.3) is 0 Å². The Hall–Kier alpha value is -2.07. The molecule has 0 fully saturated rings. The summed E-state index contributed by atoms with van der Waals surface area (Å²) < 4.78 is 6.50. The SMILES string of the molecule is COC(=O)c1ccccc1-n1cccc1CO. The molecule has 0 radical (unpaired) electrons. The van der Waals surface area contributed by atoms with Gasteiger partial charge in [0, 0.05) is 11.9 Å². The van der Waals surface area contributed by atoms with Crippen molar-refractivity contribution in [2.24, 2.45) is 0 Å². The molecule has 0 saturated carbocycles. The fourth-order valence-corrected chi connectivity index (χ4v) is 1.75. The van der Waals surface area contributed by atoms with Crippen molar-refractivity contribution in [3.63, 3.8) is 0 Å². The van der Waals surface area contributed by atoms with Crippen LogP contribution in [0.15, 0.2) is 42.6 Å². The van der Waals surface area contributed by atoms with Gasteiger partial charge in [0.05, 0.1) is 25.0 Å². The lowest BCUT2D eigenvalue weighted by atomic mass is 10.1. The van der Waals surface area contributed by atoms with Gasteiger partial charge < -0.3 is 14.4 Å². The van der Waals surface area contributed by atoms with E-state index >= 15 is 0 Å². The molecule has 0 spiro atoms. The maximum atomic E-state index is 11.6. The molecule has 0 amide bonds. The maximum Gasteiger partial charge on any atom is 0.339 e. The number of ether oxygens (including phenoxy) is 1. The molecule has 88 valence electrons. The Bertz CT molecular complexity index is 531. The quantitative estimate of drug-likeness (QED) is 0.819. The molecular weight excluding hydrogens is 218 g/mol. The van der Waals surface area contributed by atoms with Crippen molar-refractivity contribution in [2.45, 2.75) is 6.61 Å².